The predicted octanol–water partition coefficient (Wildman–Crippen LogP) is 2.87. The van der Waals surface area contributed by atoms with Crippen LogP contribution in [0.2, 0.25) is 0 Å². The molecule has 0 aliphatic rings. The van der Waals surface area contributed by atoms with Crippen LogP contribution in [0.3, 0.4) is 0 Å². The van der Waals surface area contributed by atoms with E-state index in [1.807, 2.05) is 38.1 Å². The average Bonchev–Trinajstić information content (AvgIpc) is 2.69. The zero-order valence-electron chi connectivity index (χ0n) is 10.2. The van der Waals surface area contributed by atoms with E-state index in [9.17, 15) is 4.79 Å². The van der Waals surface area contributed by atoms with Crippen LogP contribution in [0, 0.1) is 13.8 Å². The van der Waals surface area contributed by atoms with E-state index in [2.05, 4.69) is 9.97 Å². The normalized spacial score (nSPS) is 10.6. The number of hydrogen-bond donors (Lipinski definition) is 2. The maximum Gasteiger partial charge on any atom is 0.313 e. The van der Waals surface area contributed by atoms with E-state index in [1.165, 1.54) is 17.3 Å². The number of carboxylic acids is 1. The van der Waals surface area contributed by atoms with Gasteiger partial charge in [-0.15, -0.1) is 0 Å². The molecule has 2 N–H and O–H groups in total. The molecule has 0 atom stereocenters. The Labute approximate surface area is 109 Å². The van der Waals surface area contributed by atoms with Crippen LogP contribution < -0.4 is 0 Å². The third-order valence-electron chi connectivity index (χ3n) is 2.52. The first kappa shape index (κ1) is 12.7. The van der Waals surface area contributed by atoms with Crippen molar-refractivity contribution in [2.45, 2.75) is 19.0 Å². The molecule has 0 saturated heterocycles. The van der Waals surface area contributed by atoms with E-state index in [0.29, 0.717) is 5.16 Å². The second-order valence-corrected chi connectivity index (χ2v) is 5.03. The van der Waals surface area contributed by atoms with Gasteiger partial charge < -0.3 is 10.1 Å². The SMILES string of the molecule is Cc1ccc(-c2nc(SCC(=O)O)[nH]c2C)cc1. The molecule has 0 aliphatic heterocycles. The molecule has 0 amide bonds. The molecule has 0 spiro atoms. The Balaban J connectivity index is 2.23. The van der Waals surface area contributed by atoms with Gasteiger partial charge in [0.1, 0.15) is 0 Å². The molecule has 0 saturated carbocycles. The Morgan fingerprint density at radius 3 is 2.61 bits per heavy atom. The molecule has 2 aromatic rings. The lowest BCUT2D eigenvalue weighted by atomic mass is 10.1. The van der Waals surface area contributed by atoms with Crippen LogP contribution >= 0.6 is 11.8 Å². The fourth-order valence-electron chi connectivity index (χ4n) is 1.62. The number of aliphatic carboxylic acids is 1. The highest BCUT2D eigenvalue weighted by Crippen LogP contribution is 2.25. The second-order valence-electron chi connectivity index (χ2n) is 4.06. The molecule has 4 nitrogen and oxygen atoms in total. The van der Waals surface area contributed by atoms with Crippen LogP contribution in [0.15, 0.2) is 29.4 Å². The van der Waals surface area contributed by atoms with E-state index in [4.69, 9.17) is 5.11 Å². The summed E-state index contributed by atoms with van der Waals surface area (Å²) in [6, 6.07) is 8.11. The molecule has 0 aliphatic carbocycles. The number of aromatic nitrogens is 2. The van der Waals surface area contributed by atoms with Gasteiger partial charge in [0.05, 0.1) is 11.4 Å². The van der Waals surface area contributed by atoms with Gasteiger partial charge in [0.25, 0.3) is 0 Å². The maximum absolute atomic E-state index is 10.5. The van der Waals surface area contributed by atoms with E-state index < -0.39 is 5.97 Å². The van der Waals surface area contributed by atoms with Crippen LogP contribution in [-0.2, 0) is 4.79 Å². The summed E-state index contributed by atoms with van der Waals surface area (Å²) >= 11 is 1.20. The number of H-pyrrole nitrogens is 1. The van der Waals surface area contributed by atoms with Gasteiger partial charge in [-0.2, -0.15) is 0 Å². The van der Waals surface area contributed by atoms with Crippen molar-refractivity contribution >= 4 is 17.7 Å². The molecule has 2 rings (SSSR count). The maximum atomic E-state index is 10.5. The van der Waals surface area contributed by atoms with Gasteiger partial charge in [-0.1, -0.05) is 41.6 Å². The molecule has 0 unspecified atom stereocenters. The molecule has 18 heavy (non-hydrogen) atoms. The standard InChI is InChI=1S/C13H14N2O2S/c1-8-3-5-10(6-4-8)12-9(2)14-13(15-12)18-7-11(16)17/h3-6H,7H2,1-2H3,(H,14,15)(H,16,17). The smallest absolute Gasteiger partial charge is 0.313 e. The summed E-state index contributed by atoms with van der Waals surface area (Å²) in [5.74, 6) is -0.828. The number of nitrogens with one attached hydrogen (secondary N) is 1. The number of nitrogens with zero attached hydrogens (tertiary/aromatic N) is 1. The summed E-state index contributed by atoms with van der Waals surface area (Å²) in [5.41, 5.74) is 4.07. The number of carbonyl (C=O) groups is 1. The van der Waals surface area contributed by atoms with Gasteiger partial charge in [0, 0.05) is 11.3 Å². The lowest BCUT2D eigenvalue weighted by Crippen LogP contribution is -1.97. The molecule has 1 heterocycles. The molecule has 0 bridgehead atoms. The summed E-state index contributed by atoms with van der Waals surface area (Å²) in [5, 5.41) is 9.28. The molecule has 0 fully saturated rings. The fraction of sp³-hybridized carbons (Fsp3) is 0.231. The van der Waals surface area contributed by atoms with Crippen molar-refractivity contribution in [2.75, 3.05) is 5.75 Å². The zero-order valence-corrected chi connectivity index (χ0v) is 11.0. The Morgan fingerprint density at radius 1 is 1.33 bits per heavy atom. The molecular weight excluding hydrogens is 248 g/mol. The number of rotatable bonds is 4. The Kier molecular flexibility index (Phi) is 3.72. The van der Waals surface area contributed by atoms with Crippen molar-refractivity contribution in [2.24, 2.45) is 0 Å². The largest absolute Gasteiger partial charge is 0.481 e. The number of hydrogen-bond acceptors (Lipinski definition) is 3. The Bertz CT molecular complexity index is 561. The molecular formula is C13H14N2O2S. The molecule has 1 aromatic heterocycles. The van der Waals surface area contributed by atoms with Crippen LogP contribution in [0.25, 0.3) is 11.3 Å². The summed E-state index contributed by atoms with van der Waals surface area (Å²) in [4.78, 5) is 18.0. The number of imidazole rings is 1. The van der Waals surface area contributed by atoms with E-state index in [1.54, 1.807) is 0 Å². The van der Waals surface area contributed by atoms with Gasteiger partial charge in [-0.3, -0.25) is 4.79 Å². The van der Waals surface area contributed by atoms with E-state index >= 15 is 0 Å². The number of thioether (sulfide) groups is 1. The first-order valence-electron chi connectivity index (χ1n) is 5.54. The van der Waals surface area contributed by atoms with Crippen molar-refractivity contribution in [3.05, 3.63) is 35.5 Å². The minimum absolute atomic E-state index is 0.0142. The lowest BCUT2D eigenvalue weighted by molar-refractivity contribution is -0.133. The van der Waals surface area contributed by atoms with Crippen LogP contribution in [0.5, 0.6) is 0 Å². The number of benzene rings is 1. The lowest BCUT2D eigenvalue weighted by Gasteiger charge is -1.98. The number of carboxylic acid groups (broad SMARTS) is 1. The molecule has 0 radical (unpaired) electrons. The number of aryl methyl sites for hydroxylation is 2. The fourth-order valence-corrected chi connectivity index (χ4v) is 2.27. The molecule has 1 aromatic carbocycles. The van der Waals surface area contributed by atoms with Crippen molar-refractivity contribution in [3.63, 3.8) is 0 Å². The van der Waals surface area contributed by atoms with Crippen LogP contribution in [0.4, 0.5) is 0 Å². The van der Waals surface area contributed by atoms with E-state index in [-0.39, 0.29) is 5.75 Å². The quantitative estimate of drug-likeness (QED) is 0.831. The van der Waals surface area contributed by atoms with Crippen molar-refractivity contribution in [1.82, 2.24) is 9.97 Å². The third-order valence-corrected chi connectivity index (χ3v) is 3.38. The first-order valence-corrected chi connectivity index (χ1v) is 6.53. The van der Waals surface area contributed by atoms with Gasteiger partial charge in [0.15, 0.2) is 5.16 Å². The van der Waals surface area contributed by atoms with Crippen molar-refractivity contribution in [3.8, 4) is 11.3 Å². The second kappa shape index (κ2) is 5.27. The average molecular weight is 262 g/mol. The van der Waals surface area contributed by atoms with Crippen molar-refractivity contribution in [1.29, 1.82) is 0 Å². The highest BCUT2D eigenvalue weighted by atomic mass is 32.2. The monoisotopic (exact) mass is 262 g/mol. The highest BCUT2D eigenvalue weighted by molar-refractivity contribution is 7.99. The molecule has 5 heteroatoms. The topological polar surface area (TPSA) is 66.0 Å². The predicted molar refractivity (Wildman–Crippen MR) is 71.9 cm³/mol. The summed E-state index contributed by atoms with van der Waals surface area (Å²) < 4.78 is 0. The number of aromatic amines is 1. The van der Waals surface area contributed by atoms with Gasteiger partial charge in [-0.25, -0.2) is 4.98 Å². The Hall–Kier alpha value is -1.75. The van der Waals surface area contributed by atoms with Crippen molar-refractivity contribution < 1.29 is 9.90 Å². The summed E-state index contributed by atoms with van der Waals surface area (Å²) in [7, 11) is 0. The zero-order chi connectivity index (χ0) is 13.1. The van der Waals surface area contributed by atoms with Crippen LogP contribution in [0.1, 0.15) is 11.3 Å². The minimum atomic E-state index is -0.842. The van der Waals surface area contributed by atoms with Gasteiger partial charge in [0.2, 0.25) is 0 Å². The minimum Gasteiger partial charge on any atom is -0.481 e. The Morgan fingerprint density at radius 2 is 2.00 bits per heavy atom. The van der Waals surface area contributed by atoms with E-state index in [0.717, 1.165) is 17.0 Å². The molecule has 94 valence electrons. The van der Waals surface area contributed by atoms with Crippen LogP contribution in [-0.4, -0.2) is 26.8 Å². The summed E-state index contributed by atoms with van der Waals surface area (Å²) in [6.07, 6.45) is 0. The van der Waals surface area contributed by atoms with Gasteiger partial charge >= 0.3 is 5.97 Å². The summed E-state index contributed by atoms with van der Waals surface area (Å²) in [6.45, 7) is 3.97. The highest BCUT2D eigenvalue weighted by Gasteiger charge is 2.10. The third kappa shape index (κ3) is 2.92. The van der Waals surface area contributed by atoms with Gasteiger partial charge in [-0.05, 0) is 13.8 Å². The first-order chi connectivity index (χ1) is 8.56.